The molecule has 1 aliphatic heterocycles. The molecule has 1 amide bonds. The summed E-state index contributed by atoms with van der Waals surface area (Å²) in [6.07, 6.45) is 0. The minimum Gasteiger partial charge on any atom is -0.365 e. The average Bonchev–Trinajstić information content (AvgIpc) is 2.46. The van der Waals surface area contributed by atoms with E-state index in [1.54, 1.807) is 13.0 Å². The van der Waals surface area contributed by atoms with Crippen molar-refractivity contribution in [3.05, 3.63) is 28.2 Å². The summed E-state index contributed by atoms with van der Waals surface area (Å²) in [6.45, 7) is 3.33. The minimum absolute atomic E-state index is 0.0651. The van der Waals surface area contributed by atoms with Gasteiger partial charge in [0.15, 0.2) is 6.04 Å². The van der Waals surface area contributed by atoms with E-state index in [1.165, 1.54) is 16.4 Å². The van der Waals surface area contributed by atoms with Crippen molar-refractivity contribution in [2.45, 2.75) is 17.9 Å². The molecule has 0 aromatic heterocycles. The second-order valence-corrected chi connectivity index (χ2v) is 7.93. The number of primary amides is 1. The summed E-state index contributed by atoms with van der Waals surface area (Å²) in [5, 5.41) is 0.209. The minimum atomic E-state index is -3.75. The number of hydrogen-bond acceptors (Lipinski definition) is 3. The van der Waals surface area contributed by atoms with Gasteiger partial charge in [0.25, 0.3) is 5.91 Å². The number of nitrogens with two attached hydrogens (primary N) is 1. The van der Waals surface area contributed by atoms with Crippen LogP contribution < -0.4 is 10.6 Å². The third kappa shape index (κ3) is 3.38. The highest BCUT2D eigenvalue weighted by atomic mass is 35.5. The first-order valence-electron chi connectivity index (χ1n) is 6.83. The maximum Gasteiger partial charge on any atom is 0.275 e. The lowest BCUT2D eigenvalue weighted by Crippen LogP contribution is -3.19. The van der Waals surface area contributed by atoms with Gasteiger partial charge in [-0.05, 0) is 19.1 Å². The summed E-state index contributed by atoms with van der Waals surface area (Å²) in [5.74, 6) is -0.388. The van der Waals surface area contributed by atoms with Crippen LogP contribution in [0.4, 0.5) is 0 Å². The largest absolute Gasteiger partial charge is 0.365 e. The molecule has 1 heterocycles. The number of piperazine rings is 1. The van der Waals surface area contributed by atoms with Gasteiger partial charge >= 0.3 is 0 Å². The highest BCUT2D eigenvalue weighted by molar-refractivity contribution is 7.89. The van der Waals surface area contributed by atoms with Gasteiger partial charge in [-0.25, -0.2) is 8.42 Å². The summed E-state index contributed by atoms with van der Waals surface area (Å²) >= 11 is 12.0. The second kappa shape index (κ2) is 6.72. The van der Waals surface area contributed by atoms with Crippen molar-refractivity contribution < 1.29 is 18.1 Å². The SMILES string of the molecule is C[C@@H](C(N)=O)[NH+]1CCN(S(=O)(=O)c2c(Cl)cccc2Cl)CC1. The molecule has 0 radical (unpaired) electrons. The summed E-state index contributed by atoms with van der Waals surface area (Å²) in [4.78, 5) is 12.1. The summed E-state index contributed by atoms with van der Waals surface area (Å²) in [5.41, 5.74) is 5.29. The number of benzene rings is 1. The number of hydrogen-bond donors (Lipinski definition) is 2. The van der Waals surface area contributed by atoms with Crippen molar-refractivity contribution in [3.63, 3.8) is 0 Å². The fourth-order valence-corrected chi connectivity index (χ4v) is 5.04. The van der Waals surface area contributed by atoms with Crippen LogP contribution in [0.3, 0.4) is 0 Å². The number of sulfonamides is 1. The van der Waals surface area contributed by atoms with Gasteiger partial charge in [-0.2, -0.15) is 4.31 Å². The van der Waals surface area contributed by atoms with E-state index in [9.17, 15) is 13.2 Å². The Hall–Kier alpha value is -0.860. The van der Waals surface area contributed by atoms with Gasteiger partial charge in [0, 0.05) is 0 Å². The molecule has 0 spiro atoms. The van der Waals surface area contributed by atoms with Crippen LogP contribution in [-0.2, 0) is 14.8 Å². The molecule has 6 nitrogen and oxygen atoms in total. The highest BCUT2D eigenvalue weighted by Crippen LogP contribution is 2.31. The van der Waals surface area contributed by atoms with Crippen molar-refractivity contribution in [2.24, 2.45) is 5.73 Å². The third-order valence-electron chi connectivity index (χ3n) is 3.92. The maximum absolute atomic E-state index is 12.7. The van der Waals surface area contributed by atoms with Gasteiger partial charge in [0.1, 0.15) is 4.90 Å². The van der Waals surface area contributed by atoms with Crippen molar-refractivity contribution in [2.75, 3.05) is 26.2 Å². The van der Waals surface area contributed by atoms with E-state index >= 15 is 0 Å². The second-order valence-electron chi connectivity index (χ2n) is 5.24. The molecular weight excluding hydrogens is 349 g/mol. The number of carbonyl (C=O) groups excluding carboxylic acids is 1. The van der Waals surface area contributed by atoms with E-state index in [0.717, 1.165) is 4.90 Å². The number of halogens is 2. The molecule has 9 heteroatoms. The molecule has 0 aliphatic carbocycles. The van der Waals surface area contributed by atoms with Crippen LogP contribution in [0, 0.1) is 0 Å². The van der Waals surface area contributed by atoms with Gasteiger partial charge < -0.3 is 10.6 Å². The number of nitrogens with one attached hydrogen (secondary N) is 1. The van der Waals surface area contributed by atoms with E-state index in [4.69, 9.17) is 28.9 Å². The Bertz CT molecular complexity index is 653. The molecule has 122 valence electrons. The van der Waals surface area contributed by atoms with Gasteiger partial charge in [-0.3, -0.25) is 4.79 Å². The Morgan fingerprint density at radius 1 is 1.27 bits per heavy atom. The van der Waals surface area contributed by atoms with Crippen LogP contribution in [0.2, 0.25) is 10.0 Å². The van der Waals surface area contributed by atoms with Crippen molar-refractivity contribution in [3.8, 4) is 0 Å². The summed E-state index contributed by atoms with van der Waals surface area (Å²) < 4.78 is 26.7. The van der Waals surface area contributed by atoms with Crippen LogP contribution >= 0.6 is 23.2 Å². The van der Waals surface area contributed by atoms with Gasteiger partial charge in [-0.1, -0.05) is 29.3 Å². The number of carbonyl (C=O) groups is 1. The zero-order valence-corrected chi connectivity index (χ0v) is 14.4. The Balaban J connectivity index is 2.19. The first kappa shape index (κ1) is 17.5. The lowest BCUT2D eigenvalue weighted by atomic mass is 10.2. The number of quaternary nitrogens is 1. The monoisotopic (exact) mass is 366 g/mol. The van der Waals surface area contributed by atoms with E-state index < -0.39 is 10.0 Å². The smallest absolute Gasteiger partial charge is 0.275 e. The number of nitrogens with zero attached hydrogens (tertiary/aromatic N) is 1. The van der Waals surface area contributed by atoms with Gasteiger partial charge in [0.05, 0.1) is 36.2 Å². The lowest BCUT2D eigenvalue weighted by molar-refractivity contribution is -0.917. The predicted octanol–water partition coefficient (Wildman–Crippen LogP) is -0.244. The summed E-state index contributed by atoms with van der Waals surface area (Å²) in [7, 11) is -3.75. The van der Waals surface area contributed by atoms with E-state index in [2.05, 4.69) is 0 Å². The topological polar surface area (TPSA) is 84.9 Å². The van der Waals surface area contributed by atoms with Gasteiger partial charge in [0.2, 0.25) is 10.0 Å². The van der Waals surface area contributed by atoms with Crippen LogP contribution in [0.1, 0.15) is 6.92 Å². The van der Waals surface area contributed by atoms with Crippen LogP contribution in [0.25, 0.3) is 0 Å². The molecule has 0 bridgehead atoms. The standard InChI is InChI=1S/C13H17Cl2N3O3S/c1-9(13(16)19)17-5-7-18(8-6-17)22(20,21)12-10(14)3-2-4-11(12)15/h2-4,9H,5-8H2,1H3,(H2,16,19)/p+1/t9-/m0/s1. The Morgan fingerprint density at radius 2 is 1.77 bits per heavy atom. The zero-order valence-electron chi connectivity index (χ0n) is 12.1. The molecule has 1 fully saturated rings. The lowest BCUT2D eigenvalue weighted by Gasteiger charge is -2.33. The van der Waals surface area contributed by atoms with Crippen molar-refractivity contribution >= 4 is 39.1 Å². The van der Waals surface area contributed by atoms with Crippen LogP contribution in [-0.4, -0.2) is 50.9 Å². The number of amides is 1. The number of rotatable bonds is 4. The highest BCUT2D eigenvalue weighted by Gasteiger charge is 2.35. The van der Waals surface area contributed by atoms with Crippen molar-refractivity contribution in [1.29, 1.82) is 0 Å². The maximum atomic E-state index is 12.7. The molecule has 0 saturated carbocycles. The molecule has 1 saturated heterocycles. The molecule has 0 unspecified atom stereocenters. The summed E-state index contributed by atoms with van der Waals surface area (Å²) in [6, 6.07) is 4.25. The Morgan fingerprint density at radius 3 is 2.23 bits per heavy atom. The quantitative estimate of drug-likeness (QED) is 0.770. The van der Waals surface area contributed by atoms with Crippen LogP contribution in [0.15, 0.2) is 23.1 Å². The van der Waals surface area contributed by atoms with E-state index in [1.807, 2.05) is 0 Å². The van der Waals surface area contributed by atoms with E-state index in [-0.39, 0.29) is 40.0 Å². The average molecular weight is 367 g/mol. The molecule has 1 aromatic carbocycles. The third-order valence-corrected chi connectivity index (χ3v) is 6.78. The first-order chi connectivity index (χ1) is 10.2. The fraction of sp³-hybridized carbons (Fsp3) is 0.462. The molecule has 1 aromatic rings. The normalized spacial score (nSPS) is 19.0. The van der Waals surface area contributed by atoms with E-state index in [0.29, 0.717) is 13.1 Å². The molecule has 22 heavy (non-hydrogen) atoms. The first-order valence-corrected chi connectivity index (χ1v) is 9.03. The fourth-order valence-electron chi connectivity index (χ4n) is 2.51. The van der Waals surface area contributed by atoms with Crippen LogP contribution in [0.5, 0.6) is 0 Å². The Labute approximate surface area is 139 Å². The Kier molecular flexibility index (Phi) is 5.34. The molecule has 2 rings (SSSR count). The molecule has 1 atom stereocenters. The molecule has 1 aliphatic rings. The molecule has 3 N–H and O–H groups in total. The molecular formula is C13H18Cl2N3O3S+. The zero-order chi connectivity index (χ0) is 16.5. The predicted molar refractivity (Wildman–Crippen MR) is 84.6 cm³/mol. The van der Waals surface area contributed by atoms with Gasteiger partial charge in [-0.15, -0.1) is 0 Å². The van der Waals surface area contributed by atoms with Crippen molar-refractivity contribution in [1.82, 2.24) is 4.31 Å².